The van der Waals surface area contributed by atoms with Gasteiger partial charge in [-0.05, 0) is 47.7 Å². The third kappa shape index (κ3) is 4.01. The van der Waals surface area contributed by atoms with Crippen LogP contribution in [0.15, 0.2) is 78.6 Å². The Morgan fingerprint density at radius 1 is 1.06 bits per heavy atom. The van der Waals surface area contributed by atoms with Crippen molar-refractivity contribution in [3.8, 4) is 11.4 Å². The van der Waals surface area contributed by atoms with Crippen LogP contribution in [0.5, 0.6) is 0 Å². The van der Waals surface area contributed by atoms with E-state index in [9.17, 15) is 18.7 Å². The smallest absolute Gasteiger partial charge is 0.333 e. The highest BCUT2D eigenvalue weighted by atomic mass is 19.1. The van der Waals surface area contributed by atoms with Gasteiger partial charge in [0.1, 0.15) is 36.2 Å². The molecule has 2 aromatic carbocycles. The Morgan fingerprint density at radius 2 is 1.83 bits per heavy atom. The normalized spacial score (nSPS) is 14.1. The van der Waals surface area contributed by atoms with E-state index in [0.717, 1.165) is 12.1 Å². The fourth-order valence-electron chi connectivity index (χ4n) is 4.00. The van der Waals surface area contributed by atoms with Crippen molar-refractivity contribution in [3.63, 3.8) is 0 Å². The summed E-state index contributed by atoms with van der Waals surface area (Å²) in [6.45, 7) is 1.35. The van der Waals surface area contributed by atoms with Gasteiger partial charge in [0.2, 0.25) is 0 Å². The topological polar surface area (TPSA) is 121 Å². The molecule has 1 N–H and O–H groups in total. The second-order valence-electron chi connectivity index (χ2n) is 7.95. The molecule has 11 nitrogen and oxygen atoms in total. The minimum Gasteiger partial charge on any atom is -0.381 e. The van der Waals surface area contributed by atoms with E-state index in [0.29, 0.717) is 17.4 Å². The quantitative estimate of drug-likeness (QED) is 0.377. The molecule has 5 aromatic rings. The van der Waals surface area contributed by atoms with Crippen LogP contribution in [-0.2, 0) is 12.1 Å². The number of tetrazole rings is 1. The lowest BCUT2D eigenvalue weighted by molar-refractivity contribution is -0.0342. The summed E-state index contributed by atoms with van der Waals surface area (Å²) in [5, 5.41) is 26.8. The highest BCUT2D eigenvalue weighted by Crippen LogP contribution is 2.36. The summed E-state index contributed by atoms with van der Waals surface area (Å²) in [4.78, 5) is 17.2. The van der Waals surface area contributed by atoms with Crippen molar-refractivity contribution in [2.45, 2.75) is 25.1 Å². The van der Waals surface area contributed by atoms with Crippen LogP contribution in [-0.4, -0.2) is 49.2 Å². The van der Waals surface area contributed by atoms with Gasteiger partial charge in [0, 0.05) is 24.0 Å². The number of imidazole rings is 1. The molecule has 0 unspecified atom stereocenters. The molecule has 0 aliphatic heterocycles. The fraction of sp³-hybridized carbons (Fsp3) is 0.182. The van der Waals surface area contributed by atoms with Crippen molar-refractivity contribution in [1.29, 1.82) is 0 Å². The van der Waals surface area contributed by atoms with Gasteiger partial charge >= 0.3 is 5.69 Å². The number of halogens is 2. The van der Waals surface area contributed by atoms with E-state index in [1.54, 1.807) is 37.4 Å². The van der Waals surface area contributed by atoms with Crippen LogP contribution in [0.25, 0.3) is 11.4 Å². The molecule has 0 saturated heterocycles. The van der Waals surface area contributed by atoms with Crippen LogP contribution in [0.2, 0.25) is 0 Å². The van der Waals surface area contributed by atoms with Crippen LogP contribution in [0, 0.1) is 11.6 Å². The van der Waals surface area contributed by atoms with Crippen LogP contribution in [0.1, 0.15) is 18.5 Å². The number of rotatable bonds is 7. The molecule has 0 fully saturated rings. The summed E-state index contributed by atoms with van der Waals surface area (Å²) in [5.41, 5.74) is -1.34. The molecule has 0 bridgehead atoms. The van der Waals surface area contributed by atoms with Gasteiger partial charge in [-0.3, -0.25) is 9.13 Å². The summed E-state index contributed by atoms with van der Waals surface area (Å²) in [6, 6.07) is 8.86. The highest BCUT2D eigenvalue weighted by Gasteiger charge is 2.41. The molecule has 0 saturated carbocycles. The van der Waals surface area contributed by atoms with Gasteiger partial charge in [0.05, 0.1) is 24.0 Å². The molecule has 0 aliphatic rings. The first kappa shape index (κ1) is 22.3. The van der Waals surface area contributed by atoms with Gasteiger partial charge in [-0.25, -0.2) is 27.9 Å². The highest BCUT2D eigenvalue weighted by molar-refractivity contribution is 5.40. The van der Waals surface area contributed by atoms with Gasteiger partial charge in [0.25, 0.3) is 0 Å². The molecule has 3 aromatic heterocycles. The Morgan fingerprint density at radius 3 is 2.49 bits per heavy atom. The van der Waals surface area contributed by atoms with E-state index in [1.165, 1.54) is 43.7 Å². The van der Waals surface area contributed by atoms with E-state index in [-0.39, 0.29) is 12.1 Å². The van der Waals surface area contributed by atoms with Crippen molar-refractivity contribution in [3.05, 3.63) is 102 Å². The average Bonchev–Trinajstić information content (AvgIpc) is 3.61. The lowest BCUT2D eigenvalue weighted by Crippen LogP contribution is -2.43. The Balaban J connectivity index is 1.53. The molecule has 0 aliphatic carbocycles. The maximum absolute atomic E-state index is 14.8. The first-order chi connectivity index (χ1) is 16.9. The van der Waals surface area contributed by atoms with Crippen LogP contribution in [0.3, 0.4) is 0 Å². The molecule has 13 heteroatoms. The number of nitrogens with zero attached hydrogens (tertiary/aromatic N) is 9. The molecular weight excluding hydrogens is 460 g/mol. The molecule has 5 rings (SSSR count). The van der Waals surface area contributed by atoms with E-state index in [2.05, 4.69) is 25.6 Å². The van der Waals surface area contributed by atoms with E-state index >= 15 is 0 Å². The van der Waals surface area contributed by atoms with Gasteiger partial charge in [-0.15, -0.1) is 5.10 Å². The van der Waals surface area contributed by atoms with Crippen LogP contribution in [0.4, 0.5) is 8.78 Å². The number of aromatic nitrogens is 9. The third-order valence-corrected chi connectivity index (χ3v) is 5.92. The van der Waals surface area contributed by atoms with Crippen molar-refractivity contribution >= 4 is 0 Å². The first-order valence-electron chi connectivity index (χ1n) is 10.5. The maximum atomic E-state index is 14.8. The first-order valence-corrected chi connectivity index (χ1v) is 10.5. The molecule has 0 spiro atoms. The van der Waals surface area contributed by atoms with Gasteiger partial charge in [-0.1, -0.05) is 6.07 Å². The maximum Gasteiger partial charge on any atom is 0.333 e. The lowest BCUT2D eigenvalue weighted by atomic mass is 9.86. The Kier molecular flexibility index (Phi) is 5.53. The standard InChI is InChI=1S/C22H19F2N9O2/c1-15(22(35,11-30-13-25-12-27-30)19-7-2-16(23)10-20(19)24)31-8-9-32(21(31)34)17-3-5-18(6-4-17)33-14-26-28-29-33/h2-10,12-15,35H,11H2,1H3/t15-,22-/m0/s1. The summed E-state index contributed by atoms with van der Waals surface area (Å²) < 4.78 is 33.9. The Hall–Kier alpha value is -4.52. The zero-order valence-electron chi connectivity index (χ0n) is 18.3. The minimum absolute atomic E-state index is 0.174. The molecule has 2 atom stereocenters. The van der Waals surface area contributed by atoms with Gasteiger partial charge in [0.15, 0.2) is 0 Å². The predicted molar refractivity (Wildman–Crippen MR) is 118 cm³/mol. The number of aliphatic hydroxyl groups is 1. The summed E-state index contributed by atoms with van der Waals surface area (Å²) in [6.07, 6.45) is 7.12. The minimum atomic E-state index is -1.97. The average molecular weight is 479 g/mol. The van der Waals surface area contributed by atoms with Crippen molar-refractivity contribution in [1.82, 2.24) is 44.1 Å². The van der Waals surface area contributed by atoms with Crippen molar-refractivity contribution in [2.24, 2.45) is 0 Å². The zero-order valence-corrected chi connectivity index (χ0v) is 18.3. The second kappa shape index (κ2) is 8.68. The van der Waals surface area contributed by atoms with Crippen LogP contribution < -0.4 is 5.69 Å². The third-order valence-electron chi connectivity index (χ3n) is 5.92. The lowest BCUT2D eigenvalue weighted by Gasteiger charge is -2.35. The fourth-order valence-corrected chi connectivity index (χ4v) is 4.00. The summed E-state index contributed by atoms with van der Waals surface area (Å²) >= 11 is 0. The molecule has 178 valence electrons. The SMILES string of the molecule is C[C@H](n1ccn(-c2ccc(-n3cnnn3)cc2)c1=O)[C@@](O)(Cn1cncn1)c1ccc(F)cc1F. The Labute approximate surface area is 196 Å². The van der Waals surface area contributed by atoms with E-state index in [4.69, 9.17) is 0 Å². The Bertz CT molecular complexity index is 1490. The monoisotopic (exact) mass is 479 g/mol. The van der Waals surface area contributed by atoms with Crippen molar-refractivity contribution < 1.29 is 13.9 Å². The van der Waals surface area contributed by atoms with E-state index in [1.807, 2.05) is 0 Å². The van der Waals surface area contributed by atoms with Gasteiger partial charge in [-0.2, -0.15) is 5.10 Å². The molecule has 0 amide bonds. The second-order valence-corrected chi connectivity index (χ2v) is 7.95. The molecular formula is C22H19F2N9O2. The zero-order chi connectivity index (χ0) is 24.6. The summed E-state index contributed by atoms with van der Waals surface area (Å²) in [7, 11) is 0. The summed E-state index contributed by atoms with van der Waals surface area (Å²) in [5.74, 6) is -1.72. The molecule has 35 heavy (non-hydrogen) atoms. The molecule has 0 radical (unpaired) electrons. The number of hydrogen-bond acceptors (Lipinski definition) is 7. The largest absolute Gasteiger partial charge is 0.381 e. The molecule has 3 heterocycles. The van der Waals surface area contributed by atoms with E-state index < -0.39 is 29.0 Å². The number of hydrogen-bond donors (Lipinski definition) is 1. The predicted octanol–water partition coefficient (Wildman–Crippen LogP) is 1.63. The van der Waals surface area contributed by atoms with Crippen LogP contribution >= 0.6 is 0 Å². The van der Waals surface area contributed by atoms with Gasteiger partial charge < -0.3 is 5.11 Å². The number of benzene rings is 2. The van der Waals surface area contributed by atoms with Crippen molar-refractivity contribution in [2.75, 3.05) is 0 Å².